The monoisotopic (exact) mass is 346 g/mol. The summed E-state index contributed by atoms with van der Waals surface area (Å²) in [5, 5.41) is 6.78. The Bertz CT molecular complexity index is 687. The molecule has 1 fully saturated rings. The first-order valence-corrected chi connectivity index (χ1v) is 8.61. The highest BCUT2D eigenvalue weighted by atomic mass is 35.5. The fourth-order valence-electron chi connectivity index (χ4n) is 2.87. The van der Waals surface area contributed by atoms with Crippen LogP contribution in [0.15, 0.2) is 47.6 Å². The van der Waals surface area contributed by atoms with Crippen LogP contribution in [0.25, 0.3) is 0 Å². The normalized spacial score (nSPS) is 16.0. The van der Waals surface area contributed by atoms with Gasteiger partial charge in [-0.3, -0.25) is 5.01 Å². The first kappa shape index (κ1) is 16.9. The summed E-state index contributed by atoms with van der Waals surface area (Å²) in [5.41, 5.74) is 3.01. The number of nitrogens with zero attached hydrogens (tertiary/aromatic N) is 2. The summed E-state index contributed by atoms with van der Waals surface area (Å²) in [4.78, 5) is 1.55. The quantitative estimate of drug-likeness (QED) is 0.843. The van der Waals surface area contributed by atoms with Crippen molar-refractivity contribution in [2.24, 2.45) is 5.10 Å². The number of hydrazone groups is 1. The fraction of sp³-hybridized carbons (Fsp3) is 0.316. The lowest BCUT2D eigenvalue weighted by molar-refractivity contribution is -0.918. The van der Waals surface area contributed by atoms with Gasteiger partial charge in [0.25, 0.3) is 0 Å². The van der Waals surface area contributed by atoms with Crippen LogP contribution in [-0.4, -0.2) is 37.4 Å². The van der Waals surface area contributed by atoms with E-state index >= 15 is 0 Å². The van der Waals surface area contributed by atoms with Crippen molar-refractivity contribution >= 4 is 17.8 Å². The van der Waals surface area contributed by atoms with E-state index in [1.807, 2.05) is 5.01 Å². The molecule has 126 valence electrons. The molecule has 2 aromatic rings. The Balaban J connectivity index is 1.53. The van der Waals surface area contributed by atoms with Crippen molar-refractivity contribution in [2.45, 2.75) is 13.5 Å². The maximum atomic E-state index is 13.7. The molecule has 0 spiro atoms. The molecule has 1 heterocycles. The molecule has 0 bridgehead atoms. The topological polar surface area (TPSA) is 20.0 Å². The van der Waals surface area contributed by atoms with Gasteiger partial charge in [0.15, 0.2) is 0 Å². The smallest absolute Gasteiger partial charge is 0.133 e. The Morgan fingerprint density at radius 1 is 1.17 bits per heavy atom. The molecule has 3 nitrogen and oxygen atoms in total. The van der Waals surface area contributed by atoms with E-state index in [9.17, 15) is 4.39 Å². The average Bonchev–Trinajstić information content (AvgIpc) is 2.58. The minimum absolute atomic E-state index is 0.338. The van der Waals surface area contributed by atoms with Gasteiger partial charge < -0.3 is 4.90 Å². The highest BCUT2D eigenvalue weighted by Gasteiger charge is 2.18. The van der Waals surface area contributed by atoms with Crippen LogP contribution in [0.1, 0.15) is 16.7 Å². The molecule has 5 heteroatoms. The van der Waals surface area contributed by atoms with E-state index in [1.165, 1.54) is 23.4 Å². The Morgan fingerprint density at radius 3 is 2.54 bits per heavy atom. The molecule has 0 radical (unpaired) electrons. The molecular weight excluding hydrogens is 325 g/mol. The Kier molecular flexibility index (Phi) is 5.48. The number of nitrogens with one attached hydrogen (secondary N) is 1. The zero-order valence-electron chi connectivity index (χ0n) is 13.8. The van der Waals surface area contributed by atoms with Crippen LogP contribution in [-0.2, 0) is 6.54 Å². The van der Waals surface area contributed by atoms with E-state index < -0.39 is 0 Å². The molecule has 1 aliphatic rings. The third-order valence-electron chi connectivity index (χ3n) is 4.37. The zero-order chi connectivity index (χ0) is 16.9. The molecule has 2 aromatic carbocycles. The zero-order valence-corrected chi connectivity index (χ0v) is 14.6. The SMILES string of the molecule is Cc1ccc(C[NH+]2CCN(/N=C\c3c(F)cccc3Cl)CC2)cc1. The second-order valence-electron chi connectivity index (χ2n) is 6.25. The second kappa shape index (κ2) is 7.77. The molecule has 3 rings (SSSR count). The molecule has 1 N–H and O–H groups in total. The molecule has 24 heavy (non-hydrogen) atoms. The van der Waals surface area contributed by atoms with E-state index in [1.54, 1.807) is 17.0 Å². The number of quaternary nitrogens is 1. The molecule has 0 saturated carbocycles. The average molecular weight is 347 g/mol. The lowest BCUT2D eigenvalue weighted by atomic mass is 10.1. The van der Waals surface area contributed by atoms with Crippen LogP contribution in [0.5, 0.6) is 0 Å². The van der Waals surface area contributed by atoms with Crippen LogP contribution in [0, 0.1) is 12.7 Å². The van der Waals surface area contributed by atoms with Gasteiger partial charge in [-0.15, -0.1) is 0 Å². The molecule has 0 atom stereocenters. The highest BCUT2D eigenvalue weighted by molar-refractivity contribution is 6.33. The summed E-state index contributed by atoms with van der Waals surface area (Å²) >= 11 is 6.02. The van der Waals surface area contributed by atoms with E-state index in [0.29, 0.717) is 10.6 Å². The van der Waals surface area contributed by atoms with Gasteiger partial charge in [0.1, 0.15) is 12.4 Å². The summed E-state index contributed by atoms with van der Waals surface area (Å²) in [5.74, 6) is -0.338. The second-order valence-corrected chi connectivity index (χ2v) is 6.65. The standard InChI is InChI=1S/C19H21ClFN3/c1-15-5-7-16(8-6-15)14-23-9-11-24(12-10-23)22-13-17-18(20)3-2-4-19(17)21/h2-8,13H,9-12,14H2,1H3/p+1/b22-13-. The minimum atomic E-state index is -0.338. The van der Waals surface area contributed by atoms with Gasteiger partial charge in [-0.1, -0.05) is 47.5 Å². The van der Waals surface area contributed by atoms with E-state index in [4.69, 9.17) is 11.6 Å². The molecular formula is C19H22ClFN3+. The lowest BCUT2D eigenvalue weighted by Gasteiger charge is -2.30. The summed E-state index contributed by atoms with van der Waals surface area (Å²) in [6, 6.07) is 13.4. The van der Waals surface area contributed by atoms with Crippen LogP contribution < -0.4 is 4.90 Å². The van der Waals surface area contributed by atoms with Crippen molar-refractivity contribution in [1.82, 2.24) is 5.01 Å². The van der Waals surface area contributed by atoms with Crippen molar-refractivity contribution in [3.8, 4) is 0 Å². The maximum Gasteiger partial charge on any atom is 0.133 e. The number of benzene rings is 2. The van der Waals surface area contributed by atoms with Crippen molar-refractivity contribution in [3.05, 3.63) is 70.0 Å². The van der Waals surface area contributed by atoms with Crippen LogP contribution >= 0.6 is 11.6 Å². The Morgan fingerprint density at radius 2 is 1.88 bits per heavy atom. The first-order chi connectivity index (χ1) is 11.6. The van der Waals surface area contributed by atoms with Crippen molar-refractivity contribution in [1.29, 1.82) is 0 Å². The number of hydrogen-bond donors (Lipinski definition) is 1. The van der Waals surface area contributed by atoms with Gasteiger partial charge in [0.2, 0.25) is 0 Å². The number of piperazine rings is 1. The van der Waals surface area contributed by atoms with Gasteiger partial charge in [0, 0.05) is 11.1 Å². The van der Waals surface area contributed by atoms with E-state index in [-0.39, 0.29) is 5.82 Å². The Hall–Kier alpha value is -1.91. The molecule has 0 unspecified atom stereocenters. The number of hydrogen-bond acceptors (Lipinski definition) is 2. The summed E-state index contributed by atoms with van der Waals surface area (Å²) in [6.07, 6.45) is 1.53. The molecule has 0 aromatic heterocycles. The van der Waals surface area contributed by atoms with Crippen molar-refractivity contribution < 1.29 is 9.29 Å². The largest absolute Gasteiger partial charge is 0.328 e. The van der Waals surface area contributed by atoms with E-state index in [0.717, 1.165) is 32.7 Å². The van der Waals surface area contributed by atoms with Crippen molar-refractivity contribution in [3.63, 3.8) is 0 Å². The fourth-order valence-corrected chi connectivity index (χ4v) is 3.08. The number of aryl methyl sites for hydroxylation is 1. The van der Waals surface area contributed by atoms with Gasteiger partial charge in [-0.25, -0.2) is 4.39 Å². The maximum absolute atomic E-state index is 13.7. The third-order valence-corrected chi connectivity index (χ3v) is 4.70. The number of rotatable bonds is 4. The molecule has 1 aliphatic heterocycles. The van der Waals surface area contributed by atoms with Crippen LogP contribution in [0.4, 0.5) is 4.39 Å². The lowest BCUT2D eigenvalue weighted by Crippen LogP contribution is -3.13. The molecule has 1 saturated heterocycles. The summed E-state index contributed by atoms with van der Waals surface area (Å²) in [6.45, 7) is 6.92. The van der Waals surface area contributed by atoms with Crippen LogP contribution in [0.2, 0.25) is 5.02 Å². The van der Waals surface area contributed by atoms with Gasteiger partial charge in [-0.05, 0) is 19.1 Å². The summed E-state index contributed by atoms with van der Waals surface area (Å²) in [7, 11) is 0. The van der Waals surface area contributed by atoms with Crippen molar-refractivity contribution in [2.75, 3.05) is 26.2 Å². The van der Waals surface area contributed by atoms with Gasteiger partial charge in [0.05, 0.1) is 37.4 Å². The van der Waals surface area contributed by atoms with E-state index in [2.05, 4.69) is 36.3 Å². The highest BCUT2D eigenvalue weighted by Crippen LogP contribution is 2.16. The predicted octanol–water partition coefficient (Wildman–Crippen LogP) is 2.52. The molecule has 0 aliphatic carbocycles. The first-order valence-electron chi connectivity index (χ1n) is 8.24. The minimum Gasteiger partial charge on any atom is -0.328 e. The van der Waals surface area contributed by atoms with Gasteiger partial charge >= 0.3 is 0 Å². The Labute approximate surface area is 147 Å². The summed E-state index contributed by atoms with van der Waals surface area (Å²) < 4.78 is 13.7. The number of halogens is 2. The van der Waals surface area contributed by atoms with Crippen LogP contribution in [0.3, 0.4) is 0 Å². The third kappa shape index (κ3) is 4.34. The predicted molar refractivity (Wildman–Crippen MR) is 96.2 cm³/mol. The molecule has 0 amide bonds. The van der Waals surface area contributed by atoms with Gasteiger partial charge in [-0.2, -0.15) is 5.10 Å².